The zero-order valence-corrected chi connectivity index (χ0v) is 17.2. The summed E-state index contributed by atoms with van der Waals surface area (Å²) in [5, 5.41) is 0. The number of rotatable bonds is 4. The van der Waals surface area contributed by atoms with E-state index < -0.39 is 0 Å². The Morgan fingerprint density at radius 1 is 0.897 bits per heavy atom. The molecule has 2 aliphatic heterocycles. The van der Waals surface area contributed by atoms with Crippen molar-refractivity contribution in [1.82, 2.24) is 9.80 Å². The number of imide groups is 1. The predicted molar refractivity (Wildman–Crippen MR) is 114 cm³/mol. The van der Waals surface area contributed by atoms with E-state index in [4.69, 9.17) is 0 Å². The minimum Gasteiger partial charge on any atom is -0.368 e. The lowest BCUT2D eigenvalue weighted by Crippen LogP contribution is -2.49. The van der Waals surface area contributed by atoms with Crippen LogP contribution in [0, 0.1) is 6.92 Å². The van der Waals surface area contributed by atoms with Crippen LogP contribution in [0.4, 0.5) is 5.69 Å². The topological polar surface area (TPSA) is 60.9 Å². The third-order valence-electron chi connectivity index (χ3n) is 5.43. The molecule has 2 aliphatic rings. The molecule has 1 fully saturated rings. The van der Waals surface area contributed by atoms with E-state index in [0.717, 1.165) is 13.1 Å². The lowest BCUT2D eigenvalue weighted by Gasteiger charge is -2.36. The number of fused-ring (bicyclic) bond motifs is 1. The molecule has 7 heteroatoms. The van der Waals surface area contributed by atoms with E-state index >= 15 is 0 Å². The van der Waals surface area contributed by atoms with E-state index in [1.165, 1.54) is 16.2 Å². The summed E-state index contributed by atoms with van der Waals surface area (Å²) in [4.78, 5) is 42.7. The number of anilines is 1. The zero-order chi connectivity index (χ0) is 19.7. The van der Waals surface area contributed by atoms with Crippen LogP contribution in [-0.2, 0) is 4.79 Å². The van der Waals surface area contributed by atoms with Crippen molar-refractivity contribution in [3.63, 3.8) is 0 Å². The van der Waals surface area contributed by atoms with Crippen LogP contribution in [0.5, 0.6) is 0 Å². The van der Waals surface area contributed by atoms with Crippen LogP contribution < -0.4 is 4.90 Å². The fourth-order valence-electron chi connectivity index (χ4n) is 3.85. The van der Waals surface area contributed by atoms with Gasteiger partial charge in [-0.05, 0) is 36.8 Å². The summed E-state index contributed by atoms with van der Waals surface area (Å²) in [6, 6.07) is 15.2. The number of carbonyl (C=O) groups is 3. The minimum absolute atomic E-state index is 0. The van der Waals surface area contributed by atoms with Gasteiger partial charge in [-0.3, -0.25) is 19.3 Å². The fraction of sp³-hybridized carbons (Fsp3) is 0.318. The van der Waals surface area contributed by atoms with Crippen LogP contribution in [0.1, 0.15) is 32.7 Å². The molecule has 0 spiro atoms. The number of nitrogens with zero attached hydrogens (tertiary/aromatic N) is 3. The quantitative estimate of drug-likeness (QED) is 0.723. The maximum absolute atomic E-state index is 12.6. The zero-order valence-electron chi connectivity index (χ0n) is 16.3. The third-order valence-corrected chi connectivity index (χ3v) is 5.43. The molecule has 0 saturated carbocycles. The lowest BCUT2D eigenvalue weighted by atomic mass is 10.1. The maximum atomic E-state index is 12.6. The molecule has 0 atom stereocenters. The first kappa shape index (κ1) is 20.9. The molecule has 3 amide bonds. The van der Waals surface area contributed by atoms with E-state index in [1.807, 2.05) is 11.0 Å². The van der Waals surface area contributed by atoms with Crippen LogP contribution in [0.3, 0.4) is 0 Å². The van der Waals surface area contributed by atoms with Crippen molar-refractivity contribution in [3.05, 3.63) is 65.2 Å². The molecule has 0 unspecified atom stereocenters. The van der Waals surface area contributed by atoms with Crippen molar-refractivity contribution in [1.29, 1.82) is 0 Å². The first-order chi connectivity index (χ1) is 13.5. The highest BCUT2D eigenvalue weighted by atomic mass is 35.5. The summed E-state index contributed by atoms with van der Waals surface area (Å²) in [6.07, 6.45) is 0.163. The number of halogens is 1. The summed E-state index contributed by atoms with van der Waals surface area (Å²) >= 11 is 0. The first-order valence-electron chi connectivity index (χ1n) is 9.59. The van der Waals surface area contributed by atoms with Gasteiger partial charge in [0.25, 0.3) is 11.8 Å². The maximum Gasteiger partial charge on any atom is 0.261 e. The SMILES string of the molecule is Cc1cccc(N2CCN(C(=O)CCN3C(=O)c4ccccc4C3=O)CC2)c1.Cl. The Kier molecular flexibility index (Phi) is 6.23. The van der Waals surface area contributed by atoms with Gasteiger partial charge in [0.15, 0.2) is 0 Å². The second-order valence-electron chi connectivity index (χ2n) is 7.26. The number of carbonyl (C=O) groups excluding carboxylic acids is 3. The molecular weight excluding hydrogens is 390 g/mol. The Morgan fingerprint density at radius 2 is 1.52 bits per heavy atom. The van der Waals surface area contributed by atoms with Crippen LogP contribution in [0.15, 0.2) is 48.5 Å². The lowest BCUT2D eigenvalue weighted by molar-refractivity contribution is -0.131. The van der Waals surface area contributed by atoms with Gasteiger partial charge in [0, 0.05) is 44.8 Å². The molecule has 2 heterocycles. The van der Waals surface area contributed by atoms with E-state index in [9.17, 15) is 14.4 Å². The van der Waals surface area contributed by atoms with Crippen LogP contribution in [-0.4, -0.2) is 60.2 Å². The fourth-order valence-corrected chi connectivity index (χ4v) is 3.85. The molecule has 0 radical (unpaired) electrons. The molecule has 0 bridgehead atoms. The summed E-state index contributed by atoms with van der Waals surface area (Å²) in [5.74, 6) is -0.629. The standard InChI is InChI=1S/C22H23N3O3.ClH/c1-16-5-4-6-17(15-16)23-11-13-24(14-12-23)20(26)9-10-25-21(27)18-7-2-3-8-19(18)22(25)28;/h2-8,15H,9-14H2,1H3;1H. The average molecular weight is 414 g/mol. The number of hydrogen-bond acceptors (Lipinski definition) is 4. The number of aryl methyl sites for hydroxylation is 1. The Hall–Kier alpha value is -2.86. The number of hydrogen-bond donors (Lipinski definition) is 0. The Labute approximate surface area is 176 Å². The molecule has 1 saturated heterocycles. The number of amides is 3. The van der Waals surface area contributed by atoms with Crippen molar-refractivity contribution in [2.45, 2.75) is 13.3 Å². The molecule has 2 aromatic rings. The van der Waals surface area contributed by atoms with E-state index in [-0.39, 0.29) is 43.1 Å². The summed E-state index contributed by atoms with van der Waals surface area (Å²) in [7, 11) is 0. The average Bonchev–Trinajstić information content (AvgIpc) is 2.97. The van der Waals surface area contributed by atoms with Crippen LogP contribution in [0.25, 0.3) is 0 Å². The molecule has 0 N–H and O–H groups in total. The van der Waals surface area contributed by atoms with E-state index in [1.54, 1.807) is 24.3 Å². The number of piperazine rings is 1. The highest BCUT2D eigenvalue weighted by Gasteiger charge is 2.35. The molecule has 4 rings (SSSR count). The third kappa shape index (κ3) is 4.12. The Bertz CT molecular complexity index is 903. The highest BCUT2D eigenvalue weighted by Crippen LogP contribution is 2.23. The van der Waals surface area contributed by atoms with Gasteiger partial charge in [0.1, 0.15) is 0 Å². The summed E-state index contributed by atoms with van der Waals surface area (Å²) in [5.41, 5.74) is 3.24. The minimum atomic E-state index is -0.308. The van der Waals surface area contributed by atoms with Crippen molar-refractivity contribution in [2.24, 2.45) is 0 Å². The molecule has 2 aromatic carbocycles. The van der Waals surface area contributed by atoms with Gasteiger partial charge in [-0.15, -0.1) is 12.4 Å². The van der Waals surface area contributed by atoms with Gasteiger partial charge < -0.3 is 9.80 Å². The van der Waals surface area contributed by atoms with Gasteiger partial charge in [-0.25, -0.2) is 0 Å². The highest BCUT2D eigenvalue weighted by molar-refractivity contribution is 6.21. The van der Waals surface area contributed by atoms with Gasteiger partial charge in [0.05, 0.1) is 11.1 Å². The van der Waals surface area contributed by atoms with Crippen molar-refractivity contribution >= 4 is 35.8 Å². The van der Waals surface area contributed by atoms with Crippen molar-refractivity contribution < 1.29 is 14.4 Å². The van der Waals surface area contributed by atoms with E-state index in [0.29, 0.717) is 24.2 Å². The van der Waals surface area contributed by atoms with Gasteiger partial charge in [-0.2, -0.15) is 0 Å². The van der Waals surface area contributed by atoms with E-state index in [2.05, 4.69) is 30.0 Å². The van der Waals surface area contributed by atoms with Gasteiger partial charge >= 0.3 is 0 Å². The summed E-state index contributed by atoms with van der Waals surface area (Å²) < 4.78 is 0. The smallest absolute Gasteiger partial charge is 0.261 e. The molecule has 0 aliphatic carbocycles. The number of benzene rings is 2. The molecule has 29 heavy (non-hydrogen) atoms. The monoisotopic (exact) mass is 413 g/mol. The van der Waals surface area contributed by atoms with Crippen molar-refractivity contribution in [3.8, 4) is 0 Å². The first-order valence-corrected chi connectivity index (χ1v) is 9.59. The van der Waals surface area contributed by atoms with Gasteiger partial charge in [-0.1, -0.05) is 24.3 Å². The van der Waals surface area contributed by atoms with Crippen molar-refractivity contribution in [2.75, 3.05) is 37.6 Å². The Balaban J connectivity index is 0.00000240. The summed E-state index contributed by atoms with van der Waals surface area (Å²) in [6.45, 7) is 5.06. The second kappa shape index (κ2) is 8.66. The second-order valence-corrected chi connectivity index (χ2v) is 7.26. The Morgan fingerprint density at radius 3 is 2.10 bits per heavy atom. The molecule has 152 valence electrons. The largest absolute Gasteiger partial charge is 0.368 e. The normalized spacial score (nSPS) is 16.0. The predicted octanol–water partition coefficient (Wildman–Crippen LogP) is 2.75. The van der Waals surface area contributed by atoms with Gasteiger partial charge in [0.2, 0.25) is 5.91 Å². The molecule has 0 aromatic heterocycles. The molecule has 6 nitrogen and oxygen atoms in total. The van der Waals surface area contributed by atoms with Crippen LogP contribution >= 0.6 is 12.4 Å². The van der Waals surface area contributed by atoms with Crippen LogP contribution in [0.2, 0.25) is 0 Å². The molecular formula is C22H24ClN3O3.